The van der Waals surface area contributed by atoms with E-state index in [4.69, 9.17) is 10.5 Å². The molecule has 0 saturated carbocycles. The van der Waals surface area contributed by atoms with Crippen LogP contribution in [0.3, 0.4) is 0 Å². The predicted octanol–water partition coefficient (Wildman–Crippen LogP) is 4.52. The summed E-state index contributed by atoms with van der Waals surface area (Å²) < 4.78 is 5.32. The molecule has 4 N–H and O–H groups in total. The fourth-order valence-corrected chi connectivity index (χ4v) is 4.07. The third-order valence-electron chi connectivity index (χ3n) is 5.81. The maximum absolute atomic E-state index is 14.0. The summed E-state index contributed by atoms with van der Waals surface area (Å²) in [6.07, 6.45) is 4.69. The number of benzene rings is 1. The molecule has 0 aliphatic heterocycles. The maximum Gasteiger partial charge on any atom is 0.408 e. The standard InChI is InChI=1S/C29H48N4O5/c1-8-9-10-11-12-13-18-33(25(26(35)31-20(2)3)22-16-14-21(4)15-17-22)27(36)23(19-24(30)34)32-28(37)38-29(5,6)7/h14-17,20,23,25H,8-13,18-19H2,1-7H3,(H2,30,34)(H,31,35)(H,32,37). The van der Waals surface area contributed by atoms with Gasteiger partial charge in [0.2, 0.25) is 17.7 Å². The lowest BCUT2D eigenvalue weighted by Gasteiger charge is -2.35. The van der Waals surface area contributed by atoms with Crippen LogP contribution in [0.5, 0.6) is 0 Å². The molecule has 0 saturated heterocycles. The number of carbonyl (C=O) groups is 4. The van der Waals surface area contributed by atoms with Crippen LogP contribution >= 0.6 is 0 Å². The molecule has 2 unspecified atom stereocenters. The molecule has 1 aromatic carbocycles. The molecule has 0 bridgehead atoms. The Kier molecular flexibility index (Phi) is 13.9. The van der Waals surface area contributed by atoms with Gasteiger partial charge in [-0.05, 0) is 53.5 Å². The smallest absolute Gasteiger partial charge is 0.408 e. The highest BCUT2D eigenvalue weighted by molar-refractivity contribution is 5.94. The predicted molar refractivity (Wildman–Crippen MR) is 149 cm³/mol. The van der Waals surface area contributed by atoms with Crippen molar-refractivity contribution in [2.75, 3.05) is 6.54 Å². The van der Waals surface area contributed by atoms with Crippen LogP contribution in [-0.4, -0.2) is 52.9 Å². The van der Waals surface area contributed by atoms with Crippen molar-refractivity contribution in [3.8, 4) is 0 Å². The van der Waals surface area contributed by atoms with Gasteiger partial charge in [-0.3, -0.25) is 14.4 Å². The Morgan fingerprint density at radius 3 is 2.05 bits per heavy atom. The Morgan fingerprint density at radius 2 is 1.53 bits per heavy atom. The van der Waals surface area contributed by atoms with Gasteiger partial charge in [0.05, 0.1) is 6.42 Å². The average molecular weight is 533 g/mol. The van der Waals surface area contributed by atoms with Crippen molar-refractivity contribution in [3.05, 3.63) is 35.4 Å². The summed E-state index contributed by atoms with van der Waals surface area (Å²) in [6, 6.07) is 5.05. The van der Waals surface area contributed by atoms with Gasteiger partial charge in [-0.15, -0.1) is 0 Å². The second-order valence-corrected chi connectivity index (χ2v) is 11.1. The number of unbranched alkanes of at least 4 members (excludes halogenated alkanes) is 5. The zero-order valence-electron chi connectivity index (χ0n) is 24.3. The van der Waals surface area contributed by atoms with Crippen LogP contribution < -0.4 is 16.4 Å². The third-order valence-corrected chi connectivity index (χ3v) is 5.81. The molecule has 0 fully saturated rings. The lowest BCUT2D eigenvalue weighted by atomic mass is 10.00. The number of nitrogens with two attached hydrogens (primary N) is 1. The van der Waals surface area contributed by atoms with E-state index in [1.54, 1.807) is 20.8 Å². The van der Waals surface area contributed by atoms with E-state index in [2.05, 4.69) is 17.6 Å². The summed E-state index contributed by atoms with van der Waals surface area (Å²) in [5.74, 6) is -1.65. The van der Waals surface area contributed by atoms with Gasteiger partial charge in [-0.25, -0.2) is 4.79 Å². The zero-order valence-corrected chi connectivity index (χ0v) is 24.3. The van der Waals surface area contributed by atoms with Gasteiger partial charge < -0.3 is 26.0 Å². The quantitative estimate of drug-likeness (QED) is 0.286. The minimum absolute atomic E-state index is 0.150. The van der Waals surface area contributed by atoms with Crippen LogP contribution in [-0.2, 0) is 19.1 Å². The molecule has 2 atom stereocenters. The molecule has 1 rings (SSSR count). The second-order valence-electron chi connectivity index (χ2n) is 11.1. The highest BCUT2D eigenvalue weighted by atomic mass is 16.6. The first-order valence-corrected chi connectivity index (χ1v) is 13.7. The van der Waals surface area contributed by atoms with Crippen LogP contribution in [0.2, 0.25) is 0 Å². The lowest BCUT2D eigenvalue weighted by Crippen LogP contribution is -2.54. The van der Waals surface area contributed by atoms with Crippen molar-refractivity contribution < 1.29 is 23.9 Å². The van der Waals surface area contributed by atoms with Crippen molar-refractivity contribution >= 4 is 23.8 Å². The fourth-order valence-electron chi connectivity index (χ4n) is 4.07. The van der Waals surface area contributed by atoms with Crippen LogP contribution in [0, 0.1) is 6.92 Å². The van der Waals surface area contributed by atoms with Crippen molar-refractivity contribution in [3.63, 3.8) is 0 Å². The summed E-state index contributed by atoms with van der Waals surface area (Å²) in [5.41, 5.74) is 6.31. The van der Waals surface area contributed by atoms with E-state index in [0.717, 1.165) is 37.7 Å². The molecule has 9 heteroatoms. The minimum atomic E-state index is -1.28. The normalized spacial score (nSPS) is 12.9. The number of rotatable bonds is 15. The molecular weight excluding hydrogens is 484 g/mol. The average Bonchev–Trinajstić information content (AvgIpc) is 2.78. The van der Waals surface area contributed by atoms with Crippen LogP contribution in [0.25, 0.3) is 0 Å². The van der Waals surface area contributed by atoms with Crippen molar-refractivity contribution in [2.45, 2.75) is 117 Å². The van der Waals surface area contributed by atoms with Gasteiger partial charge in [-0.1, -0.05) is 68.9 Å². The Labute approximate surface area is 228 Å². The molecule has 0 heterocycles. The first-order valence-electron chi connectivity index (χ1n) is 13.7. The second kappa shape index (κ2) is 16.0. The topological polar surface area (TPSA) is 131 Å². The molecule has 0 aliphatic carbocycles. The Bertz CT molecular complexity index is 909. The number of primary amides is 1. The van der Waals surface area contributed by atoms with Gasteiger partial charge in [0, 0.05) is 12.6 Å². The summed E-state index contributed by atoms with van der Waals surface area (Å²) in [5, 5.41) is 5.44. The number of amides is 4. The van der Waals surface area contributed by atoms with E-state index in [-0.39, 0.29) is 18.5 Å². The number of hydrogen-bond acceptors (Lipinski definition) is 5. The molecule has 38 heavy (non-hydrogen) atoms. The number of aryl methyl sites for hydroxylation is 1. The van der Waals surface area contributed by atoms with Crippen molar-refractivity contribution in [2.24, 2.45) is 5.73 Å². The summed E-state index contributed by atoms with van der Waals surface area (Å²) >= 11 is 0. The minimum Gasteiger partial charge on any atom is -0.444 e. The Balaban J connectivity index is 3.41. The maximum atomic E-state index is 14.0. The number of nitrogens with zero attached hydrogens (tertiary/aromatic N) is 1. The van der Waals surface area contributed by atoms with Crippen LogP contribution in [0.15, 0.2) is 24.3 Å². The Morgan fingerprint density at radius 1 is 0.947 bits per heavy atom. The largest absolute Gasteiger partial charge is 0.444 e. The van der Waals surface area contributed by atoms with Crippen LogP contribution in [0.1, 0.15) is 104 Å². The first-order chi connectivity index (χ1) is 17.7. The van der Waals surface area contributed by atoms with E-state index in [0.29, 0.717) is 12.0 Å². The van der Waals surface area contributed by atoms with E-state index in [9.17, 15) is 19.2 Å². The molecule has 0 radical (unpaired) electrons. The summed E-state index contributed by atoms with van der Waals surface area (Å²) in [7, 11) is 0. The van der Waals surface area contributed by atoms with Crippen LogP contribution in [0.4, 0.5) is 4.79 Å². The lowest BCUT2D eigenvalue weighted by molar-refractivity contribution is -0.143. The highest BCUT2D eigenvalue weighted by Crippen LogP contribution is 2.25. The van der Waals surface area contributed by atoms with Crippen molar-refractivity contribution in [1.82, 2.24) is 15.5 Å². The molecule has 1 aromatic rings. The monoisotopic (exact) mass is 532 g/mol. The number of alkyl carbamates (subject to hydrolysis) is 1. The molecule has 0 aliphatic rings. The van der Waals surface area contributed by atoms with Gasteiger partial charge in [0.25, 0.3) is 0 Å². The van der Waals surface area contributed by atoms with E-state index < -0.39 is 42.0 Å². The number of carbonyl (C=O) groups excluding carboxylic acids is 4. The number of nitrogens with one attached hydrogen (secondary N) is 2. The molecule has 0 aromatic heterocycles. The van der Waals surface area contributed by atoms with E-state index >= 15 is 0 Å². The van der Waals surface area contributed by atoms with E-state index in [1.807, 2.05) is 45.0 Å². The number of ether oxygens (including phenoxy) is 1. The first kappa shape index (κ1) is 32.9. The number of hydrogen-bond donors (Lipinski definition) is 3. The highest BCUT2D eigenvalue weighted by Gasteiger charge is 2.36. The van der Waals surface area contributed by atoms with Gasteiger partial charge in [0.1, 0.15) is 17.7 Å². The molecule has 9 nitrogen and oxygen atoms in total. The molecule has 4 amide bonds. The summed E-state index contributed by atoms with van der Waals surface area (Å²) in [6.45, 7) is 13.2. The third kappa shape index (κ3) is 12.4. The van der Waals surface area contributed by atoms with E-state index in [1.165, 1.54) is 4.90 Å². The zero-order chi connectivity index (χ0) is 28.9. The molecular formula is C29H48N4O5. The van der Waals surface area contributed by atoms with Gasteiger partial charge in [0.15, 0.2) is 0 Å². The SMILES string of the molecule is CCCCCCCCN(C(=O)C(CC(N)=O)NC(=O)OC(C)(C)C)C(C(=O)NC(C)C)c1ccc(C)cc1. The molecule has 0 spiro atoms. The fraction of sp³-hybridized carbons (Fsp3) is 0.655. The van der Waals surface area contributed by atoms with Gasteiger partial charge >= 0.3 is 6.09 Å². The summed E-state index contributed by atoms with van der Waals surface area (Å²) in [4.78, 5) is 53.4. The Hall–Kier alpha value is -3.10. The molecule has 214 valence electrons. The van der Waals surface area contributed by atoms with Gasteiger partial charge in [-0.2, -0.15) is 0 Å². The van der Waals surface area contributed by atoms with Crippen molar-refractivity contribution in [1.29, 1.82) is 0 Å².